The molecule has 4 aromatic carbocycles. The lowest BCUT2D eigenvalue weighted by Crippen LogP contribution is -2.51. The van der Waals surface area contributed by atoms with Crippen LogP contribution in [0.15, 0.2) is 107 Å². The molecule has 1 amide bonds. The highest BCUT2D eigenvalue weighted by Gasteiger charge is 2.32. The standard InChI is InChI=1S/C36H35N3O5S/c1-25(37-44-23-35(41)42)26-13-15-27(16-14-26)28-8-6-9-30(21-28)43-22-34(40)38-17-19-39(20-18-38)36-31-10-3-2-7-29(31)24-45-33-12-5-4-11-32(33)36/h2-16,21,36H,17-20,22-24H2,1H3,(H,41,42). The number of rotatable bonds is 9. The van der Waals surface area contributed by atoms with Crippen molar-refractivity contribution in [2.75, 3.05) is 39.4 Å². The molecule has 0 saturated carbocycles. The van der Waals surface area contributed by atoms with Crippen LogP contribution in [0.1, 0.15) is 35.2 Å². The molecule has 0 radical (unpaired) electrons. The fraction of sp³-hybridized carbons (Fsp3) is 0.250. The van der Waals surface area contributed by atoms with Crippen molar-refractivity contribution >= 4 is 29.4 Å². The summed E-state index contributed by atoms with van der Waals surface area (Å²) in [5, 5.41) is 12.6. The van der Waals surface area contributed by atoms with Gasteiger partial charge in [0.2, 0.25) is 6.61 Å². The molecule has 230 valence electrons. The smallest absolute Gasteiger partial charge is 0.344 e. The van der Waals surface area contributed by atoms with Gasteiger partial charge in [0.15, 0.2) is 6.61 Å². The number of fused-ring (bicyclic) bond motifs is 2. The number of carbonyl (C=O) groups excluding carboxylic acids is 1. The fourth-order valence-electron chi connectivity index (χ4n) is 5.86. The van der Waals surface area contributed by atoms with Crippen LogP contribution in [0.5, 0.6) is 5.75 Å². The van der Waals surface area contributed by atoms with Crippen molar-refractivity contribution in [1.29, 1.82) is 0 Å². The molecule has 2 aliphatic heterocycles. The highest BCUT2D eigenvalue weighted by Crippen LogP contribution is 2.42. The van der Waals surface area contributed by atoms with Crippen LogP contribution in [-0.4, -0.2) is 71.9 Å². The predicted octanol–water partition coefficient (Wildman–Crippen LogP) is 6.10. The van der Waals surface area contributed by atoms with E-state index < -0.39 is 12.6 Å². The molecule has 1 atom stereocenters. The zero-order chi connectivity index (χ0) is 31.2. The molecule has 0 aromatic heterocycles. The summed E-state index contributed by atoms with van der Waals surface area (Å²) in [5.74, 6) is 0.510. The van der Waals surface area contributed by atoms with Gasteiger partial charge in [0.1, 0.15) is 5.75 Å². The van der Waals surface area contributed by atoms with Crippen LogP contribution in [0.25, 0.3) is 11.1 Å². The zero-order valence-electron chi connectivity index (χ0n) is 25.1. The fourth-order valence-corrected chi connectivity index (χ4v) is 6.95. The van der Waals surface area contributed by atoms with Crippen molar-refractivity contribution < 1.29 is 24.3 Å². The summed E-state index contributed by atoms with van der Waals surface area (Å²) >= 11 is 1.90. The van der Waals surface area contributed by atoms with Crippen LogP contribution in [0.3, 0.4) is 0 Å². The van der Waals surface area contributed by atoms with E-state index in [1.807, 2.05) is 65.2 Å². The average molecular weight is 622 g/mol. The second-order valence-electron chi connectivity index (χ2n) is 11.1. The van der Waals surface area contributed by atoms with Crippen LogP contribution in [0, 0.1) is 0 Å². The molecule has 0 spiro atoms. The molecule has 45 heavy (non-hydrogen) atoms. The Bertz CT molecular complexity index is 1650. The Balaban J connectivity index is 1.05. The van der Waals surface area contributed by atoms with Crippen molar-refractivity contribution in [3.8, 4) is 16.9 Å². The second-order valence-corrected chi connectivity index (χ2v) is 12.1. The number of benzene rings is 4. The van der Waals surface area contributed by atoms with Crippen LogP contribution in [0.4, 0.5) is 0 Å². The summed E-state index contributed by atoms with van der Waals surface area (Å²) in [7, 11) is 0. The van der Waals surface area contributed by atoms with Crippen molar-refractivity contribution in [2.45, 2.75) is 23.6 Å². The van der Waals surface area contributed by atoms with E-state index in [9.17, 15) is 9.59 Å². The normalized spacial score (nSPS) is 16.7. The highest BCUT2D eigenvalue weighted by atomic mass is 32.2. The number of carboxylic acids is 1. The van der Waals surface area contributed by atoms with Gasteiger partial charge in [-0.3, -0.25) is 9.69 Å². The minimum Gasteiger partial charge on any atom is -0.484 e. The number of nitrogens with zero attached hydrogens (tertiary/aromatic N) is 3. The van der Waals surface area contributed by atoms with Gasteiger partial charge in [0.25, 0.3) is 5.91 Å². The minimum absolute atomic E-state index is 0.0125. The van der Waals surface area contributed by atoms with E-state index in [1.54, 1.807) is 6.92 Å². The average Bonchev–Trinajstić information content (AvgIpc) is 3.24. The van der Waals surface area contributed by atoms with Gasteiger partial charge in [-0.05, 0) is 58.5 Å². The number of thioether (sulfide) groups is 1. The van der Waals surface area contributed by atoms with E-state index in [0.717, 1.165) is 35.5 Å². The number of piperazine rings is 1. The molecule has 9 heteroatoms. The molecular formula is C36H35N3O5S. The molecule has 1 unspecified atom stereocenters. The Morgan fingerprint density at radius 1 is 0.844 bits per heavy atom. The largest absolute Gasteiger partial charge is 0.484 e. The van der Waals surface area contributed by atoms with Crippen LogP contribution < -0.4 is 4.74 Å². The van der Waals surface area contributed by atoms with E-state index in [2.05, 4.69) is 58.6 Å². The molecule has 1 N–H and O–H groups in total. The molecule has 4 aromatic rings. The third-order valence-electron chi connectivity index (χ3n) is 8.20. The van der Waals surface area contributed by atoms with Gasteiger partial charge < -0.3 is 19.6 Å². The van der Waals surface area contributed by atoms with E-state index >= 15 is 0 Å². The molecule has 1 fully saturated rings. The highest BCUT2D eigenvalue weighted by molar-refractivity contribution is 7.98. The number of hydrogen-bond acceptors (Lipinski definition) is 7. The first-order valence-corrected chi connectivity index (χ1v) is 16.0. The first-order chi connectivity index (χ1) is 22.0. The van der Waals surface area contributed by atoms with E-state index in [-0.39, 0.29) is 18.6 Å². The van der Waals surface area contributed by atoms with Gasteiger partial charge in [-0.1, -0.05) is 84.0 Å². The lowest BCUT2D eigenvalue weighted by atomic mass is 9.93. The summed E-state index contributed by atoms with van der Waals surface area (Å²) in [5.41, 5.74) is 7.43. The summed E-state index contributed by atoms with van der Waals surface area (Å²) in [6, 6.07) is 33.0. The number of carboxylic acid groups (broad SMARTS) is 1. The maximum absolute atomic E-state index is 13.2. The van der Waals surface area contributed by atoms with Crippen molar-refractivity contribution in [1.82, 2.24) is 9.80 Å². The van der Waals surface area contributed by atoms with Gasteiger partial charge >= 0.3 is 5.97 Å². The quantitative estimate of drug-likeness (QED) is 0.179. The van der Waals surface area contributed by atoms with Gasteiger partial charge in [-0.25, -0.2) is 4.79 Å². The van der Waals surface area contributed by atoms with Crippen molar-refractivity contribution in [3.05, 3.63) is 119 Å². The maximum atomic E-state index is 13.2. The first-order valence-electron chi connectivity index (χ1n) is 15.0. The molecule has 0 aliphatic carbocycles. The molecule has 0 bridgehead atoms. The first kappa shape index (κ1) is 30.4. The Hall–Kier alpha value is -4.60. The Kier molecular flexibility index (Phi) is 9.47. The van der Waals surface area contributed by atoms with Crippen molar-refractivity contribution in [2.24, 2.45) is 5.16 Å². The van der Waals surface area contributed by atoms with E-state index in [1.165, 1.54) is 21.6 Å². The Labute approximate surface area is 267 Å². The molecule has 2 aliphatic rings. The van der Waals surface area contributed by atoms with Crippen LogP contribution in [0.2, 0.25) is 0 Å². The number of hydrogen-bond donors (Lipinski definition) is 1. The molecule has 1 saturated heterocycles. The number of aliphatic carboxylic acids is 1. The van der Waals surface area contributed by atoms with E-state index in [4.69, 9.17) is 14.7 Å². The van der Waals surface area contributed by atoms with Gasteiger partial charge in [0, 0.05) is 36.8 Å². The van der Waals surface area contributed by atoms with Gasteiger partial charge in [-0.2, -0.15) is 0 Å². The Morgan fingerprint density at radius 3 is 2.36 bits per heavy atom. The summed E-state index contributed by atoms with van der Waals surface area (Å²) in [4.78, 5) is 34.4. The molecular weight excluding hydrogens is 586 g/mol. The topological polar surface area (TPSA) is 91.7 Å². The lowest BCUT2D eigenvalue weighted by Gasteiger charge is -2.40. The van der Waals surface area contributed by atoms with Crippen molar-refractivity contribution in [3.63, 3.8) is 0 Å². The minimum atomic E-state index is -1.07. The maximum Gasteiger partial charge on any atom is 0.344 e. The lowest BCUT2D eigenvalue weighted by molar-refractivity contribution is -0.142. The second kappa shape index (κ2) is 14.0. The number of ether oxygens (including phenoxy) is 1. The zero-order valence-corrected chi connectivity index (χ0v) is 25.9. The summed E-state index contributed by atoms with van der Waals surface area (Å²) in [6.07, 6.45) is 0. The Morgan fingerprint density at radius 2 is 1.58 bits per heavy atom. The van der Waals surface area contributed by atoms with Crippen LogP contribution >= 0.6 is 11.8 Å². The molecule has 2 heterocycles. The monoisotopic (exact) mass is 621 g/mol. The van der Waals surface area contributed by atoms with E-state index in [0.29, 0.717) is 24.6 Å². The third kappa shape index (κ3) is 7.21. The number of oxime groups is 1. The SMILES string of the molecule is CC(=NOCC(=O)O)c1ccc(-c2cccc(OCC(=O)N3CCN(C4c5ccccc5CSc5ccccc54)CC3)c2)cc1. The predicted molar refractivity (Wildman–Crippen MR) is 176 cm³/mol. The van der Waals surface area contributed by atoms with Gasteiger partial charge in [-0.15, -0.1) is 11.8 Å². The van der Waals surface area contributed by atoms with Crippen LogP contribution in [-0.2, 0) is 20.2 Å². The summed E-state index contributed by atoms with van der Waals surface area (Å²) in [6.45, 7) is 4.18. The summed E-state index contributed by atoms with van der Waals surface area (Å²) < 4.78 is 5.97. The number of carbonyl (C=O) groups is 2. The molecule has 6 rings (SSSR count). The van der Waals surface area contributed by atoms with Gasteiger partial charge in [0.05, 0.1) is 11.8 Å². The third-order valence-corrected chi connectivity index (χ3v) is 9.34. The number of amides is 1. The molecule has 8 nitrogen and oxygen atoms in total.